The van der Waals surface area contributed by atoms with Gasteiger partial charge < -0.3 is 10.2 Å². The van der Waals surface area contributed by atoms with Crippen LogP contribution < -0.4 is 9.62 Å². The summed E-state index contributed by atoms with van der Waals surface area (Å²) in [7, 11) is -3.57. The molecule has 34 heavy (non-hydrogen) atoms. The van der Waals surface area contributed by atoms with E-state index >= 15 is 0 Å². The molecule has 0 saturated heterocycles. The summed E-state index contributed by atoms with van der Waals surface area (Å²) >= 11 is 18.0. The molecule has 0 unspecified atom stereocenters. The van der Waals surface area contributed by atoms with E-state index in [1.165, 1.54) is 9.21 Å². The Hall–Kier alpha value is -2.00. The maximum atomic E-state index is 13.2. The molecule has 0 aliphatic carbocycles. The molecule has 0 aliphatic heterocycles. The molecule has 186 valence electrons. The third-order valence-electron chi connectivity index (χ3n) is 5.12. The van der Waals surface area contributed by atoms with Crippen LogP contribution in [-0.2, 0) is 26.2 Å². The molecule has 7 nitrogen and oxygen atoms in total. The number of amides is 2. The summed E-state index contributed by atoms with van der Waals surface area (Å²) < 4.78 is 25.9. The van der Waals surface area contributed by atoms with E-state index in [0.29, 0.717) is 27.3 Å². The van der Waals surface area contributed by atoms with Crippen LogP contribution in [0.2, 0.25) is 15.1 Å². The summed E-state index contributed by atoms with van der Waals surface area (Å²) in [5.41, 5.74) is 1.18. The first-order valence-corrected chi connectivity index (χ1v) is 13.7. The highest BCUT2D eigenvalue weighted by atomic mass is 35.5. The summed E-state index contributed by atoms with van der Waals surface area (Å²) in [4.78, 5) is 27.1. The van der Waals surface area contributed by atoms with Gasteiger partial charge in [-0.15, -0.1) is 0 Å². The van der Waals surface area contributed by atoms with Gasteiger partial charge in [0.25, 0.3) is 0 Å². The van der Waals surface area contributed by atoms with Crippen molar-refractivity contribution in [1.29, 1.82) is 0 Å². The fourth-order valence-corrected chi connectivity index (χ4v) is 4.76. The van der Waals surface area contributed by atoms with Crippen LogP contribution in [0.1, 0.15) is 32.3 Å². The minimum Gasteiger partial charge on any atom is -0.355 e. The molecule has 0 radical (unpaired) electrons. The van der Waals surface area contributed by atoms with Gasteiger partial charge in [-0.05, 0) is 62.2 Å². The summed E-state index contributed by atoms with van der Waals surface area (Å²) in [6, 6.07) is 10.7. The van der Waals surface area contributed by atoms with Gasteiger partial charge in [0.15, 0.2) is 0 Å². The molecule has 1 atom stereocenters. The highest BCUT2D eigenvalue weighted by Gasteiger charge is 2.26. The Morgan fingerprint density at radius 2 is 1.68 bits per heavy atom. The number of benzene rings is 2. The zero-order valence-corrected chi connectivity index (χ0v) is 22.3. The van der Waals surface area contributed by atoms with Crippen molar-refractivity contribution >= 4 is 62.3 Å². The Kier molecular flexibility index (Phi) is 10.5. The first-order chi connectivity index (χ1) is 15.9. The van der Waals surface area contributed by atoms with Crippen molar-refractivity contribution in [2.24, 2.45) is 0 Å². The van der Waals surface area contributed by atoms with Crippen LogP contribution in [0.5, 0.6) is 0 Å². The fraction of sp³-hybridized carbons (Fsp3) is 0.391. The minimum atomic E-state index is -3.57. The smallest absolute Gasteiger partial charge is 0.242 e. The predicted molar refractivity (Wildman–Crippen MR) is 138 cm³/mol. The second-order valence-corrected chi connectivity index (χ2v) is 10.9. The molecule has 2 aromatic carbocycles. The van der Waals surface area contributed by atoms with E-state index in [9.17, 15) is 18.0 Å². The maximum Gasteiger partial charge on any atom is 0.242 e. The van der Waals surface area contributed by atoms with Crippen molar-refractivity contribution in [2.45, 2.75) is 39.3 Å². The van der Waals surface area contributed by atoms with Crippen molar-refractivity contribution in [2.75, 3.05) is 23.7 Å². The normalized spacial score (nSPS) is 12.2. The largest absolute Gasteiger partial charge is 0.355 e. The average molecular weight is 549 g/mol. The van der Waals surface area contributed by atoms with Crippen LogP contribution >= 0.6 is 34.8 Å². The second-order valence-electron chi connectivity index (χ2n) is 7.76. The zero-order chi connectivity index (χ0) is 25.5. The standard InChI is InChI=1S/C23H28Cl3N3O4S/c1-4-27-23(31)16(2)28(15-17-7-12-20(25)21(26)14-17)22(30)6-5-13-29(34(3,32)33)19-10-8-18(24)9-11-19/h7-12,14,16H,4-6,13,15H2,1-3H3,(H,27,31)/t16-/m1/s1. The van der Waals surface area contributed by atoms with E-state index in [-0.39, 0.29) is 37.7 Å². The number of halogens is 3. The molecule has 2 rings (SSSR count). The molecular formula is C23H28Cl3N3O4S. The summed E-state index contributed by atoms with van der Waals surface area (Å²) in [5, 5.41) is 3.96. The molecule has 0 heterocycles. The van der Waals surface area contributed by atoms with Gasteiger partial charge in [0, 0.05) is 31.1 Å². The maximum absolute atomic E-state index is 13.2. The van der Waals surface area contributed by atoms with Crippen LogP contribution in [-0.4, -0.2) is 50.5 Å². The van der Waals surface area contributed by atoms with Gasteiger partial charge in [-0.3, -0.25) is 13.9 Å². The van der Waals surface area contributed by atoms with Gasteiger partial charge in [0.05, 0.1) is 22.0 Å². The summed E-state index contributed by atoms with van der Waals surface area (Å²) in [5.74, 6) is -0.566. The monoisotopic (exact) mass is 547 g/mol. The summed E-state index contributed by atoms with van der Waals surface area (Å²) in [6.45, 7) is 4.13. The molecule has 0 aromatic heterocycles. The van der Waals surface area contributed by atoms with Gasteiger partial charge in [-0.25, -0.2) is 8.42 Å². The quantitative estimate of drug-likeness (QED) is 0.439. The third kappa shape index (κ3) is 8.05. The highest BCUT2D eigenvalue weighted by Crippen LogP contribution is 2.24. The molecule has 0 spiro atoms. The second kappa shape index (κ2) is 12.6. The predicted octanol–water partition coefficient (Wildman–Crippen LogP) is 4.75. The number of nitrogens with zero attached hydrogens (tertiary/aromatic N) is 2. The highest BCUT2D eigenvalue weighted by molar-refractivity contribution is 7.92. The van der Waals surface area contributed by atoms with Crippen LogP contribution in [0, 0.1) is 0 Å². The molecule has 11 heteroatoms. The number of likely N-dealkylation sites (N-methyl/N-ethyl adjacent to an activating group) is 1. The van der Waals surface area contributed by atoms with E-state index < -0.39 is 16.1 Å². The number of hydrogen-bond acceptors (Lipinski definition) is 4. The molecule has 0 bridgehead atoms. The van der Waals surface area contributed by atoms with Crippen LogP contribution in [0.25, 0.3) is 0 Å². The number of anilines is 1. The Labute approximate surface area is 216 Å². The van der Waals surface area contributed by atoms with Crippen molar-refractivity contribution in [3.63, 3.8) is 0 Å². The van der Waals surface area contributed by atoms with Gasteiger partial charge >= 0.3 is 0 Å². The molecule has 2 aromatic rings. The number of hydrogen-bond donors (Lipinski definition) is 1. The molecule has 0 fully saturated rings. The lowest BCUT2D eigenvalue weighted by Crippen LogP contribution is -2.47. The third-order valence-corrected chi connectivity index (χ3v) is 7.31. The van der Waals surface area contributed by atoms with Gasteiger partial charge in [-0.1, -0.05) is 40.9 Å². The minimum absolute atomic E-state index is 0.0463. The number of sulfonamides is 1. The van der Waals surface area contributed by atoms with E-state index in [4.69, 9.17) is 34.8 Å². The molecule has 2 amide bonds. The molecule has 1 N–H and O–H groups in total. The summed E-state index contributed by atoms with van der Waals surface area (Å²) in [6.07, 6.45) is 1.41. The van der Waals surface area contributed by atoms with Crippen molar-refractivity contribution in [3.05, 3.63) is 63.1 Å². The van der Waals surface area contributed by atoms with Crippen molar-refractivity contribution in [3.8, 4) is 0 Å². The molecule has 0 aliphatic rings. The number of nitrogens with one attached hydrogen (secondary N) is 1. The Bertz CT molecular complexity index is 1110. The van der Waals surface area contributed by atoms with E-state index in [0.717, 1.165) is 11.8 Å². The Morgan fingerprint density at radius 1 is 1.03 bits per heavy atom. The van der Waals surface area contributed by atoms with Crippen LogP contribution in [0.4, 0.5) is 5.69 Å². The lowest BCUT2D eigenvalue weighted by Gasteiger charge is -2.29. The zero-order valence-electron chi connectivity index (χ0n) is 19.2. The van der Waals surface area contributed by atoms with Gasteiger partial charge in [0.2, 0.25) is 21.8 Å². The fourth-order valence-electron chi connectivity index (χ4n) is 3.35. The lowest BCUT2D eigenvalue weighted by atomic mass is 10.1. The molecular weight excluding hydrogens is 521 g/mol. The number of carbonyl (C=O) groups is 2. The number of carbonyl (C=O) groups excluding carboxylic acids is 2. The topological polar surface area (TPSA) is 86.8 Å². The SMILES string of the molecule is CCNC(=O)[C@@H](C)N(Cc1ccc(Cl)c(Cl)c1)C(=O)CCCN(c1ccc(Cl)cc1)S(C)(=O)=O. The Morgan fingerprint density at radius 3 is 2.24 bits per heavy atom. The van der Waals surface area contributed by atoms with E-state index in [1.807, 2.05) is 0 Å². The molecule has 0 saturated carbocycles. The van der Waals surface area contributed by atoms with Crippen molar-refractivity contribution < 1.29 is 18.0 Å². The average Bonchev–Trinajstić information content (AvgIpc) is 2.77. The first kappa shape index (κ1) is 28.2. The van der Waals surface area contributed by atoms with Crippen LogP contribution in [0.3, 0.4) is 0 Å². The van der Waals surface area contributed by atoms with Crippen LogP contribution in [0.15, 0.2) is 42.5 Å². The number of rotatable bonds is 11. The van der Waals surface area contributed by atoms with Gasteiger partial charge in [0.1, 0.15) is 6.04 Å². The van der Waals surface area contributed by atoms with E-state index in [1.54, 1.807) is 56.3 Å². The van der Waals surface area contributed by atoms with E-state index in [2.05, 4.69) is 5.32 Å². The van der Waals surface area contributed by atoms with Gasteiger partial charge in [-0.2, -0.15) is 0 Å². The van der Waals surface area contributed by atoms with Crippen molar-refractivity contribution in [1.82, 2.24) is 10.2 Å². The Balaban J connectivity index is 2.17. The first-order valence-electron chi connectivity index (χ1n) is 10.7. The lowest BCUT2D eigenvalue weighted by molar-refractivity contribution is -0.140.